The van der Waals surface area contributed by atoms with Gasteiger partial charge in [-0.2, -0.15) is 5.10 Å². The first-order valence-electron chi connectivity index (χ1n) is 10.4. The number of nitrogens with zero attached hydrogens (tertiary/aromatic N) is 2. The van der Waals surface area contributed by atoms with Crippen LogP contribution in [0.15, 0.2) is 41.5 Å². The molecule has 2 aromatic carbocycles. The third-order valence-corrected chi connectivity index (χ3v) is 5.36. The Morgan fingerprint density at radius 1 is 1.20 bits per heavy atom. The summed E-state index contributed by atoms with van der Waals surface area (Å²) in [7, 11) is 0. The highest BCUT2D eigenvalue weighted by molar-refractivity contribution is 6.14. The molecule has 0 aliphatic carbocycles. The highest BCUT2D eigenvalue weighted by Crippen LogP contribution is 2.27. The average Bonchev–Trinajstić information content (AvgIpc) is 2.89. The number of carbonyl (C=O) groups excluding carboxylic acids is 1. The third kappa shape index (κ3) is 4.63. The highest BCUT2D eigenvalue weighted by atomic mass is 16.3. The molecule has 1 unspecified atom stereocenters. The van der Waals surface area contributed by atoms with Crippen molar-refractivity contribution >= 4 is 17.4 Å². The number of anilines is 1. The summed E-state index contributed by atoms with van der Waals surface area (Å²) in [5.41, 5.74) is 11.1. The zero-order valence-corrected chi connectivity index (χ0v) is 17.6. The highest BCUT2D eigenvalue weighted by Gasteiger charge is 2.28. The van der Waals surface area contributed by atoms with E-state index in [2.05, 4.69) is 12.2 Å². The first kappa shape index (κ1) is 21.8. The number of nitrogen functional groups attached to an aromatic ring is 1. The van der Waals surface area contributed by atoms with Crippen molar-refractivity contribution in [3.8, 4) is 0 Å². The molecule has 1 heterocycles. The Hall–Kier alpha value is -2.90. The van der Waals surface area contributed by atoms with Gasteiger partial charge in [0.2, 0.25) is 0 Å². The van der Waals surface area contributed by atoms with Gasteiger partial charge in [-0.05, 0) is 54.7 Å². The zero-order chi connectivity index (χ0) is 21.7. The fourth-order valence-electron chi connectivity index (χ4n) is 3.64. The molecule has 1 atom stereocenters. The largest absolute Gasteiger partial charge is 0.399 e. The minimum Gasteiger partial charge on any atom is -0.399 e. The number of nitrogens with one attached hydrogen (secondary N) is 1. The van der Waals surface area contributed by atoms with Crippen molar-refractivity contribution in [2.75, 3.05) is 12.3 Å². The van der Waals surface area contributed by atoms with Crippen molar-refractivity contribution in [1.82, 2.24) is 10.3 Å². The minimum absolute atomic E-state index is 0.160. The van der Waals surface area contributed by atoms with Crippen LogP contribution in [0.25, 0.3) is 0 Å². The van der Waals surface area contributed by atoms with Gasteiger partial charge in [-0.3, -0.25) is 0 Å². The summed E-state index contributed by atoms with van der Waals surface area (Å²) in [6, 6.07) is 10.7. The van der Waals surface area contributed by atoms with Gasteiger partial charge in [0.25, 0.3) is 0 Å². The lowest BCUT2D eigenvalue weighted by atomic mass is 9.90. The van der Waals surface area contributed by atoms with E-state index in [4.69, 9.17) is 10.8 Å². The van der Waals surface area contributed by atoms with Gasteiger partial charge < -0.3 is 21.3 Å². The SMILES string of the molecule is CCCCNC(=O)N1N=C(c2ccc(N)cc2)c2cc(CO)c(CO)cc2CC1C. The van der Waals surface area contributed by atoms with Crippen LogP contribution in [-0.4, -0.2) is 39.6 Å². The van der Waals surface area contributed by atoms with Crippen molar-refractivity contribution in [3.63, 3.8) is 0 Å². The average molecular weight is 411 g/mol. The number of aliphatic hydroxyl groups is 2. The summed E-state index contributed by atoms with van der Waals surface area (Å²) < 4.78 is 0. The Morgan fingerprint density at radius 3 is 2.50 bits per heavy atom. The number of hydrogen-bond donors (Lipinski definition) is 4. The van der Waals surface area contributed by atoms with Crippen molar-refractivity contribution < 1.29 is 15.0 Å². The topological polar surface area (TPSA) is 111 Å². The Morgan fingerprint density at radius 2 is 1.87 bits per heavy atom. The van der Waals surface area contributed by atoms with Gasteiger partial charge in [-0.25, -0.2) is 9.80 Å². The van der Waals surface area contributed by atoms with Crippen molar-refractivity contribution in [1.29, 1.82) is 0 Å². The predicted octanol–water partition coefficient (Wildman–Crippen LogP) is 2.76. The summed E-state index contributed by atoms with van der Waals surface area (Å²) in [6.45, 7) is 4.28. The number of unbranched alkanes of at least 4 members (excludes halogenated alkanes) is 1. The van der Waals surface area contributed by atoms with Crippen LogP contribution in [0.1, 0.15) is 54.5 Å². The lowest BCUT2D eigenvalue weighted by Gasteiger charge is -2.23. The fourth-order valence-corrected chi connectivity index (χ4v) is 3.64. The molecule has 2 amide bonds. The number of rotatable bonds is 6. The van der Waals surface area contributed by atoms with E-state index in [-0.39, 0.29) is 25.3 Å². The van der Waals surface area contributed by atoms with Gasteiger partial charge >= 0.3 is 6.03 Å². The van der Waals surface area contributed by atoms with Crippen LogP contribution in [0.3, 0.4) is 0 Å². The molecule has 0 aromatic heterocycles. The standard InChI is InChI=1S/C23H30N4O3/c1-3-4-9-25-23(30)27-15(2)10-17-11-18(13-28)19(14-29)12-21(17)22(26-27)16-5-7-20(24)8-6-16/h5-8,11-12,15,28-29H,3-4,9-10,13-14,24H2,1-2H3,(H,25,30). The van der Waals surface area contributed by atoms with Crippen LogP contribution in [0, 0.1) is 0 Å². The molecule has 0 spiro atoms. The second-order valence-corrected chi connectivity index (χ2v) is 7.65. The van der Waals surface area contributed by atoms with E-state index >= 15 is 0 Å². The van der Waals surface area contributed by atoms with E-state index in [0.717, 1.165) is 29.5 Å². The molecule has 7 nitrogen and oxygen atoms in total. The van der Waals surface area contributed by atoms with Crippen LogP contribution in [-0.2, 0) is 19.6 Å². The summed E-state index contributed by atoms with van der Waals surface area (Å²) in [5, 5.41) is 28.7. The number of hydrazone groups is 1. The van der Waals surface area contributed by atoms with E-state index in [1.54, 1.807) is 12.1 Å². The molecule has 160 valence electrons. The lowest BCUT2D eigenvalue weighted by Crippen LogP contribution is -2.42. The van der Waals surface area contributed by atoms with Gasteiger partial charge in [0, 0.05) is 23.4 Å². The van der Waals surface area contributed by atoms with Crippen LogP contribution < -0.4 is 11.1 Å². The molecule has 30 heavy (non-hydrogen) atoms. The fraction of sp³-hybridized carbons (Fsp3) is 0.391. The molecule has 1 aliphatic heterocycles. The second-order valence-electron chi connectivity index (χ2n) is 7.65. The van der Waals surface area contributed by atoms with Gasteiger partial charge in [0.1, 0.15) is 0 Å². The van der Waals surface area contributed by atoms with E-state index in [9.17, 15) is 15.0 Å². The van der Waals surface area contributed by atoms with Gasteiger partial charge in [0.05, 0.1) is 25.0 Å². The molecule has 0 saturated carbocycles. The van der Waals surface area contributed by atoms with E-state index in [0.29, 0.717) is 35.5 Å². The summed E-state index contributed by atoms with van der Waals surface area (Å²) in [4.78, 5) is 12.9. The Balaban J connectivity index is 2.11. The summed E-state index contributed by atoms with van der Waals surface area (Å²) >= 11 is 0. The zero-order valence-electron chi connectivity index (χ0n) is 17.6. The Kier molecular flexibility index (Phi) is 7.07. The molecule has 5 N–H and O–H groups in total. The number of amides is 2. The summed E-state index contributed by atoms with van der Waals surface area (Å²) in [6.07, 6.45) is 2.48. The maximum atomic E-state index is 12.9. The molecule has 2 aromatic rings. The molecule has 7 heteroatoms. The molecule has 0 saturated heterocycles. The summed E-state index contributed by atoms with van der Waals surface area (Å²) in [5.74, 6) is 0. The lowest BCUT2D eigenvalue weighted by molar-refractivity contribution is 0.182. The van der Waals surface area contributed by atoms with Gasteiger partial charge in [-0.1, -0.05) is 31.5 Å². The first-order chi connectivity index (χ1) is 14.5. The van der Waals surface area contributed by atoms with Crippen LogP contribution in [0.5, 0.6) is 0 Å². The van der Waals surface area contributed by atoms with E-state index < -0.39 is 0 Å². The maximum absolute atomic E-state index is 12.9. The van der Waals surface area contributed by atoms with Gasteiger partial charge in [-0.15, -0.1) is 0 Å². The van der Waals surface area contributed by atoms with Crippen molar-refractivity contribution in [2.45, 2.75) is 52.4 Å². The maximum Gasteiger partial charge on any atom is 0.338 e. The monoisotopic (exact) mass is 410 g/mol. The number of benzene rings is 2. The molecule has 0 fully saturated rings. The number of carbonyl (C=O) groups is 1. The smallest absolute Gasteiger partial charge is 0.338 e. The Bertz CT molecular complexity index is 925. The number of fused-ring (bicyclic) bond motifs is 1. The quantitative estimate of drug-likeness (QED) is 0.433. The van der Waals surface area contributed by atoms with E-state index in [1.165, 1.54) is 5.01 Å². The normalized spacial score (nSPS) is 15.9. The number of urea groups is 1. The molecular formula is C23H30N4O3. The molecule has 3 rings (SSSR count). The predicted molar refractivity (Wildman–Crippen MR) is 118 cm³/mol. The molecule has 1 aliphatic rings. The molecule has 0 bridgehead atoms. The van der Waals surface area contributed by atoms with Crippen molar-refractivity contribution in [3.05, 3.63) is 64.2 Å². The van der Waals surface area contributed by atoms with Crippen LogP contribution >= 0.6 is 0 Å². The van der Waals surface area contributed by atoms with E-state index in [1.807, 2.05) is 31.2 Å². The van der Waals surface area contributed by atoms with Crippen molar-refractivity contribution in [2.24, 2.45) is 5.10 Å². The Labute approximate surface area is 177 Å². The molecule has 0 radical (unpaired) electrons. The second kappa shape index (κ2) is 9.73. The van der Waals surface area contributed by atoms with Crippen LogP contribution in [0.4, 0.5) is 10.5 Å². The minimum atomic E-state index is -0.235. The number of aliphatic hydroxyl groups excluding tert-OH is 2. The van der Waals surface area contributed by atoms with Gasteiger partial charge in [0.15, 0.2) is 0 Å². The third-order valence-electron chi connectivity index (χ3n) is 5.36. The molecular weight excluding hydrogens is 380 g/mol. The number of nitrogens with two attached hydrogens (primary N) is 1. The number of hydrogen-bond acceptors (Lipinski definition) is 5. The van der Waals surface area contributed by atoms with Crippen LogP contribution in [0.2, 0.25) is 0 Å². The first-order valence-corrected chi connectivity index (χ1v) is 10.4.